The number of nitrogens with zero attached hydrogens (tertiary/aromatic N) is 4. The van der Waals surface area contributed by atoms with Crippen molar-refractivity contribution >= 4 is 5.71 Å². The lowest BCUT2D eigenvalue weighted by Crippen LogP contribution is -2.02. The third kappa shape index (κ3) is 1.66. The summed E-state index contributed by atoms with van der Waals surface area (Å²) in [5, 5.41) is 8.00. The van der Waals surface area contributed by atoms with E-state index < -0.39 is 0 Å². The third-order valence-electron chi connectivity index (χ3n) is 1.98. The van der Waals surface area contributed by atoms with E-state index in [9.17, 15) is 0 Å². The highest BCUT2D eigenvalue weighted by Crippen LogP contribution is 2.03. The molecule has 0 saturated carbocycles. The lowest BCUT2D eigenvalue weighted by Gasteiger charge is -2.00. The molecule has 0 aromatic carbocycles. The fourth-order valence-corrected chi connectivity index (χ4v) is 1.24. The van der Waals surface area contributed by atoms with Gasteiger partial charge >= 0.3 is 0 Å². The van der Waals surface area contributed by atoms with Crippen molar-refractivity contribution in [1.82, 2.24) is 15.0 Å². The van der Waals surface area contributed by atoms with Gasteiger partial charge in [0.2, 0.25) is 0 Å². The van der Waals surface area contributed by atoms with Crippen LogP contribution in [0.25, 0.3) is 0 Å². The van der Waals surface area contributed by atoms with Crippen LogP contribution in [0.3, 0.4) is 0 Å². The zero-order chi connectivity index (χ0) is 9.10. The predicted molar refractivity (Wildman–Crippen MR) is 50.9 cm³/mol. The molecule has 4 heteroatoms. The maximum atomic E-state index is 4.36. The summed E-state index contributed by atoms with van der Waals surface area (Å²) in [6, 6.07) is 0. The Morgan fingerprint density at radius 3 is 3.08 bits per heavy atom. The molecule has 0 bridgehead atoms. The first-order chi connectivity index (χ1) is 6.40. The Labute approximate surface area is 77.0 Å². The highest BCUT2D eigenvalue weighted by molar-refractivity contribution is 6.07. The van der Waals surface area contributed by atoms with E-state index in [1.54, 1.807) is 4.68 Å². The van der Waals surface area contributed by atoms with Gasteiger partial charge in [0.25, 0.3) is 0 Å². The Bertz CT molecular complexity index is 348. The molecule has 0 radical (unpaired) electrons. The molecule has 2 heterocycles. The Morgan fingerprint density at radius 1 is 1.54 bits per heavy atom. The largest absolute Gasteiger partial charge is 0.283 e. The van der Waals surface area contributed by atoms with Crippen LogP contribution in [0.2, 0.25) is 0 Å². The summed E-state index contributed by atoms with van der Waals surface area (Å²) < 4.78 is 1.81. The molecule has 2 rings (SSSR count). The average molecular weight is 176 g/mol. The van der Waals surface area contributed by atoms with Crippen molar-refractivity contribution in [3.8, 4) is 0 Å². The van der Waals surface area contributed by atoms with Gasteiger partial charge in [0.05, 0.1) is 11.9 Å². The molecule has 68 valence electrons. The van der Waals surface area contributed by atoms with Gasteiger partial charge in [0, 0.05) is 13.1 Å². The maximum Gasteiger partial charge on any atom is 0.130 e. The highest BCUT2D eigenvalue weighted by Gasteiger charge is 2.06. The second-order valence-corrected chi connectivity index (χ2v) is 2.92. The first-order valence-corrected chi connectivity index (χ1v) is 4.51. The fraction of sp³-hybridized carbons (Fsp3) is 0.444. The first-order valence-electron chi connectivity index (χ1n) is 4.51. The Balaban J connectivity index is 2.24. The highest BCUT2D eigenvalue weighted by atomic mass is 15.4. The molecule has 0 unspecified atom stereocenters. The van der Waals surface area contributed by atoms with Crippen LogP contribution in [0.1, 0.15) is 19.0 Å². The normalized spacial score (nSPS) is 15.9. The van der Waals surface area contributed by atoms with Crippen LogP contribution in [-0.2, 0) is 6.54 Å². The van der Waals surface area contributed by atoms with Crippen molar-refractivity contribution < 1.29 is 0 Å². The van der Waals surface area contributed by atoms with Gasteiger partial charge in [-0.05, 0) is 19.4 Å². The third-order valence-corrected chi connectivity index (χ3v) is 1.98. The van der Waals surface area contributed by atoms with E-state index in [4.69, 9.17) is 0 Å². The minimum atomic E-state index is 0.851. The van der Waals surface area contributed by atoms with Gasteiger partial charge in [-0.25, -0.2) is 0 Å². The van der Waals surface area contributed by atoms with Gasteiger partial charge in [0.15, 0.2) is 0 Å². The molecule has 0 spiro atoms. The second kappa shape index (κ2) is 3.51. The van der Waals surface area contributed by atoms with E-state index in [2.05, 4.69) is 21.4 Å². The summed E-state index contributed by atoms with van der Waals surface area (Å²) >= 11 is 0. The summed E-state index contributed by atoms with van der Waals surface area (Å²) in [7, 11) is 0. The van der Waals surface area contributed by atoms with Crippen LogP contribution >= 0.6 is 0 Å². The van der Waals surface area contributed by atoms with Gasteiger partial charge < -0.3 is 0 Å². The zero-order valence-corrected chi connectivity index (χ0v) is 7.64. The summed E-state index contributed by atoms with van der Waals surface area (Å²) in [5.41, 5.74) is 1.82. The molecule has 0 atom stereocenters. The maximum absolute atomic E-state index is 4.36. The van der Waals surface area contributed by atoms with E-state index in [-0.39, 0.29) is 0 Å². The average Bonchev–Trinajstić information content (AvgIpc) is 2.67. The van der Waals surface area contributed by atoms with Crippen LogP contribution in [0.4, 0.5) is 0 Å². The molecule has 0 saturated heterocycles. The van der Waals surface area contributed by atoms with Crippen LogP contribution in [0.15, 0.2) is 23.3 Å². The zero-order valence-electron chi connectivity index (χ0n) is 7.64. The van der Waals surface area contributed by atoms with Crippen LogP contribution in [0, 0.1) is 0 Å². The number of hydrogen-bond acceptors (Lipinski definition) is 3. The monoisotopic (exact) mass is 176 g/mol. The Kier molecular flexibility index (Phi) is 2.21. The smallest absolute Gasteiger partial charge is 0.130 e. The number of rotatable bonds is 2. The van der Waals surface area contributed by atoms with Gasteiger partial charge in [-0.1, -0.05) is 11.3 Å². The summed E-state index contributed by atoms with van der Waals surface area (Å²) in [4.78, 5) is 4.36. The van der Waals surface area contributed by atoms with Crippen molar-refractivity contribution in [2.24, 2.45) is 4.99 Å². The van der Waals surface area contributed by atoms with Crippen molar-refractivity contribution in [2.75, 3.05) is 6.54 Å². The number of dihydropyridines is 1. The molecule has 0 aliphatic carbocycles. The van der Waals surface area contributed by atoms with E-state index in [1.807, 2.05) is 19.2 Å². The molecular weight excluding hydrogens is 164 g/mol. The lowest BCUT2D eigenvalue weighted by molar-refractivity contribution is 0.627. The Morgan fingerprint density at radius 2 is 2.46 bits per heavy atom. The number of aromatic nitrogens is 3. The Hall–Kier alpha value is -1.45. The standard InChI is InChI=1S/C9H12N4/c1-2-13-7-9(11-12-13)8-5-3-4-6-10-8/h3,5,7H,2,4,6H2,1H3. The molecule has 0 N–H and O–H groups in total. The van der Waals surface area contributed by atoms with Crippen molar-refractivity contribution in [3.05, 3.63) is 24.0 Å². The van der Waals surface area contributed by atoms with Gasteiger partial charge in [-0.15, -0.1) is 5.10 Å². The molecule has 0 fully saturated rings. The van der Waals surface area contributed by atoms with Crippen molar-refractivity contribution in [3.63, 3.8) is 0 Å². The van der Waals surface area contributed by atoms with Crippen LogP contribution in [0.5, 0.6) is 0 Å². The minimum Gasteiger partial charge on any atom is -0.283 e. The topological polar surface area (TPSA) is 43.1 Å². The summed E-state index contributed by atoms with van der Waals surface area (Å²) in [5.74, 6) is 0. The number of aliphatic imine (C=N–C) groups is 1. The van der Waals surface area contributed by atoms with Crippen LogP contribution in [-0.4, -0.2) is 27.3 Å². The predicted octanol–water partition coefficient (Wildman–Crippen LogP) is 1.05. The molecule has 0 amide bonds. The van der Waals surface area contributed by atoms with Gasteiger partial charge in [-0.3, -0.25) is 9.67 Å². The molecule has 4 nitrogen and oxygen atoms in total. The van der Waals surface area contributed by atoms with E-state index in [0.29, 0.717) is 0 Å². The SMILES string of the molecule is CCn1cc(C2=NCCC=C2)nn1. The van der Waals surface area contributed by atoms with E-state index in [0.717, 1.165) is 30.9 Å². The molecule has 1 aromatic heterocycles. The second-order valence-electron chi connectivity index (χ2n) is 2.92. The quantitative estimate of drug-likeness (QED) is 0.676. The number of aryl methyl sites for hydroxylation is 1. The van der Waals surface area contributed by atoms with Gasteiger partial charge in [-0.2, -0.15) is 0 Å². The van der Waals surface area contributed by atoms with Gasteiger partial charge in [0.1, 0.15) is 5.69 Å². The lowest BCUT2D eigenvalue weighted by atomic mass is 10.2. The van der Waals surface area contributed by atoms with Crippen molar-refractivity contribution in [1.29, 1.82) is 0 Å². The van der Waals surface area contributed by atoms with Crippen molar-refractivity contribution in [2.45, 2.75) is 19.9 Å². The number of allylic oxidation sites excluding steroid dienone is 1. The van der Waals surface area contributed by atoms with Crippen LogP contribution < -0.4 is 0 Å². The molecule has 13 heavy (non-hydrogen) atoms. The molecule has 1 aliphatic rings. The summed E-state index contributed by atoms with van der Waals surface area (Å²) in [6.07, 6.45) is 7.08. The molecule has 1 aliphatic heterocycles. The molecular formula is C9H12N4. The minimum absolute atomic E-state index is 0.851. The number of hydrogen-bond donors (Lipinski definition) is 0. The van der Waals surface area contributed by atoms with E-state index in [1.165, 1.54) is 0 Å². The first kappa shape index (κ1) is 8.16. The van der Waals surface area contributed by atoms with E-state index >= 15 is 0 Å². The summed E-state index contributed by atoms with van der Waals surface area (Å²) in [6.45, 7) is 3.76. The molecule has 1 aromatic rings. The fourth-order valence-electron chi connectivity index (χ4n) is 1.24.